The number of carbonyl (C=O) groups is 1. The van der Waals surface area contributed by atoms with Crippen LogP contribution in [-0.4, -0.2) is 29.3 Å². The summed E-state index contributed by atoms with van der Waals surface area (Å²) in [5.41, 5.74) is 0. The van der Waals surface area contributed by atoms with E-state index in [0.717, 1.165) is 6.42 Å². The minimum atomic E-state index is -4.08. The number of ether oxygens (including phenoxy) is 1. The highest BCUT2D eigenvalue weighted by Crippen LogP contribution is 2.25. The van der Waals surface area contributed by atoms with Gasteiger partial charge in [-0.05, 0) is 38.9 Å². The molecule has 1 unspecified atom stereocenters. The fourth-order valence-corrected chi connectivity index (χ4v) is 2.74. The van der Waals surface area contributed by atoms with Crippen LogP contribution in [0.2, 0.25) is 0 Å². The van der Waals surface area contributed by atoms with Crippen molar-refractivity contribution in [3.63, 3.8) is 0 Å². The van der Waals surface area contributed by atoms with Crippen LogP contribution in [0.4, 0.5) is 13.2 Å². The van der Waals surface area contributed by atoms with Crippen molar-refractivity contribution in [3.8, 4) is 0 Å². The van der Waals surface area contributed by atoms with Crippen LogP contribution < -0.4 is 0 Å². The molecular formula is C13H23F3O2S. The van der Waals surface area contributed by atoms with E-state index in [1.807, 2.05) is 6.92 Å². The van der Waals surface area contributed by atoms with Gasteiger partial charge in [0.05, 0.1) is 6.10 Å². The van der Waals surface area contributed by atoms with E-state index in [4.69, 9.17) is 4.74 Å². The lowest BCUT2D eigenvalue weighted by atomic mass is 10.2. The van der Waals surface area contributed by atoms with Gasteiger partial charge < -0.3 is 4.74 Å². The number of carbonyl (C=O) groups excluding carboxylic acids is 1. The number of alkyl halides is 3. The minimum Gasteiger partial charge on any atom is -0.462 e. The van der Waals surface area contributed by atoms with Crippen LogP contribution in [0.25, 0.3) is 0 Å². The summed E-state index contributed by atoms with van der Waals surface area (Å²) in [5, 5.41) is -0.252. The Balaban J connectivity index is 3.91. The Morgan fingerprint density at radius 3 is 2.37 bits per heavy atom. The summed E-state index contributed by atoms with van der Waals surface area (Å²) in [6.07, 6.45) is -2.83. The number of esters is 1. The molecule has 2 nitrogen and oxygen atoms in total. The van der Waals surface area contributed by atoms with Crippen LogP contribution in [0.15, 0.2) is 0 Å². The largest absolute Gasteiger partial charge is 0.462 e. The first-order valence-electron chi connectivity index (χ1n) is 6.65. The first-order chi connectivity index (χ1) is 8.76. The van der Waals surface area contributed by atoms with Crippen LogP contribution in [0.1, 0.15) is 52.9 Å². The van der Waals surface area contributed by atoms with Gasteiger partial charge in [0.15, 0.2) is 0 Å². The zero-order valence-electron chi connectivity index (χ0n) is 11.8. The number of unbranched alkanes of at least 4 members (excludes halogenated alkanes) is 1. The van der Waals surface area contributed by atoms with Gasteiger partial charge in [-0.15, -0.1) is 11.8 Å². The van der Waals surface area contributed by atoms with Gasteiger partial charge >= 0.3 is 12.1 Å². The number of halogens is 3. The maximum Gasteiger partial charge on any atom is 0.389 e. The third-order valence-electron chi connectivity index (χ3n) is 2.34. The Bertz CT molecular complexity index is 255. The smallest absolute Gasteiger partial charge is 0.389 e. The third kappa shape index (κ3) is 11.2. The Labute approximate surface area is 117 Å². The SMILES string of the molecule is CCCC(SCCCCC(F)(F)F)C(=O)OC(C)C. The van der Waals surface area contributed by atoms with Gasteiger partial charge in [0.1, 0.15) is 5.25 Å². The van der Waals surface area contributed by atoms with Crippen molar-refractivity contribution in [3.05, 3.63) is 0 Å². The second kappa shape index (κ2) is 9.50. The maximum atomic E-state index is 12.0. The number of hydrogen-bond acceptors (Lipinski definition) is 3. The molecule has 0 aliphatic heterocycles. The van der Waals surface area contributed by atoms with Crippen molar-refractivity contribution in [1.82, 2.24) is 0 Å². The molecule has 0 fully saturated rings. The highest BCUT2D eigenvalue weighted by molar-refractivity contribution is 8.00. The molecule has 0 radical (unpaired) electrons. The van der Waals surface area contributed by atoms with Gasteiger partial charge in [-0.25, -0.2) is 0 Å². The average Bonchev–Trinajstić information content (AvgIpc) is 2.24. The Morgan fingerprint density at radius 2 is 1.89 bits per heavy atom. The van der Waals surface area contributed by atoms with Gasteiger partial charge in [-0.2, -0.15) is 13.2 Å². The van der Waals surface area contributed by atoms with E-state index in [1.54, 1.807) is 13.8 Å². The Hall–Kier alpha value is -0.390. The minimum absolute atomic E-state index is 0.120. The van der Waals surface area contributed by atoms with E-state index >= 15 is 0 Å². The van der Waals surface area contributed by atoms with E-state index < -0.39 is 12.6 Å². The summed E-state index contributed by atoms with van der Waals surface area (Å²) >= 11 is 1.40. The van der Waals surface area contributed by atoms with Crippen molar-refractivity contribution < 1.29 is 22.7 Å². The van der Waals surface area contributed by atoms with E-state index in [-0.39, 0.29) is 23.7 Å². The van der Waals surface area contributed by atoms with E-state index in [2.05, 4.69) is 0 Å². The number of rotatable bonds is 9. The summed E-state index contributed by atoms with van der Waals surface area (Å²) in [6.45, 7) is 5.55. The van der Waals surface area contributed by atoms with E-state index in [1.165, 1.54) is 11.8 Å². The molecule has 0 heterocycles. The monoisotopic (exact) mass is 300 g/mol. The second-order valence-electron chi connectivity index (χ2n) is 4.71. The third-order valence-corrected chi connectivity index (χ3v) is 3.69. The highest BCUT2D eigenvalue weighted by atomic mass is 32.2. The maximum absolute atomic E-state index is 12.0. The van der Waals surface area contributed by atoms with Gasteiger partial charge in [0, 0.05) is 6.42 Å². The first kappa shape index (κ1) is 18.6. The first-order valence-corrected chi connectivity index (χ1v) is 7.70. The second-order valence-corrected chi connectivity index (χ2v) is 6.02. The van der Waals surface area contributed by atoms with Gasteiger partial charge in [-0.3, -0.25) is 4.79 Å². The van der Waals surface area contributed by atoms with Crippen molar-refractivity contribution in [2.24, 2.45) is 0 Å². The zero-order chi connectivity index (χ0) is 14.9. The molecule has 0 aliphatic carbocycles. The molecule has 0 saturated carbocycles. The molecule has 0 aromatic heterocycles. The van der Waals surface area contributed by atoms with Crippen LogP contribution in [-0.2, 0) is 9.53 Å². The molecule has 0 amide bonds. The molecule has 0 rings (SSSR count). The van der Waals surface area contributed by atoms with Crippen LogP contribution in [0, 0.1) is 0 Å². The quantitative estimate of drug-likeness (QED) is 0.461. The Morgan fingerprint density at radius 1 is 1.26 bits per heavy atom. The predicted molar refractivity (Wildman–Crippen MR) is 72.3 cm³/mol. The summed E-state index contributed by atoms with van der Waals surface area (Å²) in [4.78, 5) is 11.7. The summed E-state index contributed by atoms with van der Waals surface area (Å²) < 4.78 is 41.0. The highest BCUT2D eigenvalue weighted by Gasteiger charge is 2.26. The van der Waals surface area contributed by atoms with Crippen molar-refractivity contribution >= 4 is 17.7 Å². The number of hydrogen-bond donors (Lipinski definition) is 0. The lowest BCUT2D eigenvalue weighted by Crippen LogP contribution is -2.23. The predicted octanol–water partition coefficient (Wildman–Crippen LogP) is 4.57. The molecule has 0 spiro atoms. The molecule has 0 saturated heterocycles. The average molecular weight is 300 g/mol. The molecule has 0 N–H and O–H groups in total. The molecule has 114 valence electrons. The molecule has 19 heavy (non-hydrogen) atoms. The fourth-order valence-electron chi connectivity index (χ4n) is 1.49. The lowest BCUT2D eigenvalue weighted by molar-refractivity contribution is -0.146. The summed E-state index contributed by atoms with van der Waals surface area (Å²) in [5.74, 6) is 0.311. The molecule has 6 heteroatoms. The van der Waals surface area contributed by atoms with Crippen LogP contribution in [0.5, 0.6) is 0 Å². The summed E-state index contributed by atoms with van der Waals surface area (Å²) in [6, 6.07) is 0. The Kier molecular flexibility index (Phi) is 9.31. The molecule has 0 bridgehead atoms. The fraction of sp³-hybridized carbons (Fsp3) is 0.923. The van der Waals surface area contributed by atoms with Crippen molar-refractivity contribution in [2.75, 3.05) is 5.75 Å². The van der Waals surface area contributed by atoms with Crippen LogP contribution in [0.3, 0.4) is 0 Å². The van der Waals surface area contributed by atoms with Gasteiger partial charge in [0.2, 0.25) is 0 Å². The molecule has 0 aromatic carbocycles. The van der Waals surface area contributed by atoms with Gasteiger partial charge in [0.25, 0.3) is 0 Å². The normalized spacial score (nSPS) is 13.6. The van der Waals surface area contributed by atoms with Crippen molar-refractivity contribution in [1.29, 1.82) is 0 Å². The standard InChI is InChI=1S/C13H23F3O2S/c1-4-7-11(12(17)18-10(2)3)19-9-6-5-8-13(14,15)16/h10-11H,4-9H2,1-3H3. The molecule has 0 aliphatic rings. The lowest BCUT2D eigenvalue weighted by Gasteiger charge is -2.16. The van der Waals surface area contributed by atoms with Gasteiger partial charge in [-0.1, -0.05) is 13.3 Å². The number of thioether (sulfide) groups is 1. The van der Waals surface area contributed by atoms with E-state index in [9.17, 15) is 18.0 Å². The van der Waals surface area contributed by atoms with Crippen LogP contribution >= 0.6 is 11.8 Å². The molecule has 0 aromatic rings. The zero-order valence-corrected chi connectivity index (χ0v) is 12.6. The van der Waals surface area contributed by atoms with E-state index in [0.29, 0.717) is 18.6 Å². The molecular weight excluding hydrogens is 277 g/mol. The van der Waals surface area contributed by atoms with Crippen molar-refractivity contribution in [2.45, 2.75) is 70.4 Å². The summed E-state index contributed by atoms with van der Waals surface area (Å²) in [7, 11) is 0. The topological polar surface area (TPSA) is 26.3 Å². The molecule has 1 atom stereocenters.